The Hall–Kier alpha value is -1.36. The molecule has 0 aliphatic carbocycles. The van der Waals surface area contributed by atoms with Crippen LogP contribution in [0.3, 0.4) is 0 Å². The van der Waals surface area contributed by atoms with Crippen molar-refractivity contribution in [1.82, 2.24) is 4.98 Å². The van der Waals surface area contributed by atoms with Crippen molar-refractivity contribution in [3.8, 4) is 0 Å². The van der Waals surface area contributed by atoms with E-state index >= 15 is 0 Å². The Morgan fingerprint density at radius 3 is 2.73 bits per heavy atom. The van der Waals surface area contributed by atoms with Crippen LogP contribution in [-0.2, 0) is 6.18 Å². The van der Waals surface area contributed by atoms with Gasteiger partial charge in [-0.15, -0.1) is 0 Å². The highest BCUT2D eigenvalue weighted by Gasteiger charge is 2.34. The highest BCUT2D eigenvalue weighted by molar-refractivity contribution is 5.52. The second-order valence-corrected chi connectivity index (χ2v) is 2.92. The van der Waals surface area contributed by atoms with Gasteiger partial charge in [0, 0.05) is 11.8 Å². The van der Waals surface area contributed by atoms with Gasteiger partial charge in [-0.05, 0) is 19.0 Å². The maximum Gasteiger partial charge on any atom is 0.433 e. The van der Waals surface area contributed by atoms with Crippen LogP contribution in [0.4, 0.5) is 13.2 Å². The van der Waals surface area contributed by atoms with Crippen LogP contribution in [0.15, 0.2) is 24.4 Å². The van der Waals surface area contributed by atoms with E-state index in [0.29, 0.717) is 13.0 Å². The van der Waals surface area contributed by atoms with E-state index in [4.69, 9.17) is 5.73 Å². The first kappa shape index (κ1) is 11.7. The van der Waals surface area contributed by atoms with E-state index in [-0.39, 0.29) is 5.56 Å². The van der Waals surface area contributed by atoms with Gasteiger partial charge >= 0.3 is 6.18 Å². The van der Waals surface area contributed by atoms with Crippen LogP contribution in [0.25, 0.3) is 6.08 Å². The number of halogens is 3. The third-order valence-corrected chi connectivity index (χ3v) is 1.74. The summed E-state index contributed by atoms with van der Waals surface area (Å²) >= 11 is 0. The molecule has 2 nitrogen and oxygen atoms in total. The smallest absolute Gasteiger partial charge is 0.330 e. The molecule has 0 fully saturated rings. The second-order valence-electron chi connectivity index (χ2n) is 2.92. The molecule has 0 bridgehead atoms. The molecule has 0 amide bonds. The SMILES string of the molecule is NCCC=Cc1cccnc1C(F)(F)F. The zero-order chi connectivity index (χ0) is 11.3. The summed E-state index contributed by atoms with van der Waals surface area (Å²) in [5, 5.41) is 0. The average molecular weight is 216 g/mol. The first-order chi connectivity index (χ1) is 7.05. The molecule has 1 aromatic rings. The maximum absolute atomic E-state index is 12.4. The van der Waals surface area contributed by atoms with Gasteiger partial charge in [0.2, 0.25) is 0 Å². The standard InChI is InChI=1S/C10H11F3N2/c11-10(12,13)9-8(4-1-2-6-14)5-3-7-15-9/h1,3-5,7H,2,6,14H2. The van der Waals surface area contributed by atoms with E-state index in [1.807, 2.05) is 0 Å². The van der Waals surface area contributed by atoms with Crippen molar-refractivity contribution in [3.63, 3.8) is 0 Å². The van der Waals surface area contributed by atoms with Crippen molar-refractivity contribution in [2.45, 2.75) is 12.6 Å². The van der Waals surface area contributed by atoms with Gasteiger partial charge in [0.25, 0.3) is 0 Å². The fraction of sp³-hybridized carbons (Fsp3) is 0.300. The third-order valence-electron chi connectivity index (χ3n) is 1.74. The fourth-order valence-corrected chi connectivity index (χ4v) is 1.10. The minimum absolute atomic E-state index is 0.0680. The van der Waals surface area contributed by atoms with Crippen molar-refractivity contribution in [1.29, 1.82) is 0 Å². The number of aromatic nitrogens is 1. The van der Waals surface area contributed by atoms with Gasteiger partial charge in [0.15, 0.2) is 5.69 Å². The fourth-order valence-electron chi connectivity index (χ4n) is 1.10. The largest absolute Gasteiger partial charge is 0.433 e. The van der Waals surface area contributed by atoms with Crippen LogP contribution < -0.4 is 5.73 Å². The molecule has 0 saturated heterocycles. The summed E-state index contributed by atoms with van der Waals surface area (Å²) in [6.45, 7) is 0.415. The zero-order valence-electron chi connectivity index (χ0n) is 7.96. The van der Waals surface area contributed by atoms with Gasteiger partial charge in [-0.2, -0.15) is 13.2 Å². The zero-order valence-corrected chi connectivity index (χ0v) is 7.96. The van der Waals surface area contributed by atoms with Crippen molar-refractivity contribution in [3.05, 3.63) is 35.7 Å². The summed E-state index contributed by atoms with van der Waals surface area (Å²) in [4.78, 5) is 3.32. The number of hydrogen-bond donors (Lipinski definition) is 1. The highest BCUT2D eigenvalue weighted by Crippen LogP contribution is 2.30. The number of pyridine rings is 1. The van der Waals surface area contributed by atoms with Crippen LogP contribution in [0, 0.1) is 0 Å². The molecule has 0 aliphatic heterocycles. The summed E-state index contributed by atoms with van der Waals surface area (Å²) in [7, 11) is 0. The van der Waals surface area contributed by atoms with Crippen molar-refractivity contribution < 1.29 is 13.2 Å². The predicted molar refractivity (Wildman–Crippen MR) is 51.9 cm³/mol. The maximum atomic E-state index is 12.4. The number of nitrogens with zero attached hydrogens (tertiary/aromatic N) is 1. The molecule has 0 aromatic carbocycles. The van der Waals surface area contributed by atoms with Gasteiger partial charge in [-0.25, -0.2) is 0 Å². The molecule has 5 heteroatoms. The van der Waals surface area contributed by atoms with E-state index in [9.17, 15) is 13.2 Å². The first-order valence-corrected chi connectivity index (χ1v) is 4.44. The quantitative estimate of drug-likeness (QED) is 0.842. The molecule has 0 radical (unpaired) electrons. The lowest BCUT2D eigenvalue weighted by molar-refractivity contribution is -0.141. The van der Waals surface area contributed by atoms with Crippen molar-refractivity contribution in [2.24, 2.45) is 5.73 Å². The van der Waals surface area contributed by atoms with Gasteiger partial charge in [-0.1, -0.05) is 18.2 Å². The van der Waals surface area contributed by atoms with Crippen LogP contribution in [-0.4, -0.2) is 11.5 Å². The molecule has 82 valence electrons. The molecule has 1 aromatic heterocycles. The van der Waals surface area contributed by atoms with E-state index in [1.165, 1.54) is 18.2 Å². The number of rotatable bonds is 3. The van der Waals surface area contributed by atoms with Crippen LogP contribution >= 0.6 is 0 Å². The summed E-state index contributed by atoms with van der Waals surface area (Å²) in [5.41, 5.74) is 4.43. The average Bonchev–Trinajstić information content (AvgIpc) is 2.17. The lowest BCUT2D eigenvalue weighted by Crippen LogP contribution is -2.09. The minimum atomic E-state index is -4.41. The molecule has 0 spiro atoms. The Morgan fingerprint density at radius 2 is 2.13 bits per heavy atom. The Morgan fingerprint density at radius 1 is 1.40 bits per heavy atom. The molecular weight excluding hydrogens is 205 g/mol. The molecule has 0 saturated carbocycles. The summed E-state index contributed by atoms with van der Waals surface area (Å²) in [6, 6.07) is 2.85. The Balaban J connectivity index is 2.97. The van der Waals surface area contributed by atoms with Crippen molar-refractivity contribution in [2.75, 3.05) is 6.54 Å². The lowest BCUT2D eigenvalue weighted by atomic mass is 10.1. The molecule has 0 atom stereocenters. The minimum Gasteiger partial charge on any atom is -0.330 e. The first-order valence-electron chi connectivity index (χ1n) is 4.44. The van der Waals surface area contributed by atoms with Crippen molar-refractivity contribution >= 4 is 6.08 Å². The summed E-state index contributed by atoms with van der Waals surface area (Å²) < 4.78 is 37.3. The summed E-state index contributed by atoms with van der Waals surface area (Å²) in [5.74, 6) is 0. The molecule has 15 heavy (non-hydrogen) atoms. The molecule has 0 unspecified atom stereocenters. The van der Waals surface area contributed by atoms with Gasteiger partial charge in [0.1, 0.15) is 0 Å². The monoisotopic (exact) mass is 216 g/mol. The predicted octanol–water partition coefficient (Wildman–Crippen LogP) is 2.46. The lowest BCUT2D eigenvalue weighted by Gasteiger charge is -2.07. The molecule has 1 heterocycles. The van der Waals surface area contributed by atoms with Crippen LogP contribution in [0.2, 0.25) is 0 Å². The molecular formula is C10H11F3N2. The molecule has 1 rings (SSSR count). The van der Waals surface area contributed by atoms with Crippen LogP contribution in [0.5, 0.6) is 0 Å². The van der Waals surface area contributed by atoms with Gasteiger partial charge < -0.3 is 5.73 Å². The van der Waals surface area contributed by atoms with Crippen LogP contribution in [0.1, 0.15) is 17.7 Å². The number of hydrogen-bond acceptors (Lipinski definition) is 2. The van der Waals surface area contributed by atoms with Gasteiger partial charge in [0.05, 0.1) is 0 Å². The normalized spacial score (nSPS) is 12.3. The third kappa shape index (κ3) is 3.36. The topological polar surface area (TPSA) is 38.9 Å². The Kier molecular flexibility index (Phi) is 3.85. The molecule has 2 N–H and O–H groups in total. The highest BCUT2D eigenvalue weighted by atomic mass is 19.4. The van der Waals surface area contributed by atoms with Gasteiger partial charge in [-0.3, -0.25) is 4.98 Å². The van der Waals surface area contributed by atoms with E-state index in [2.05, 4.69) is 4.98 Å². The van der Waals surface area contributed by atoms with E-state index < -0.39 is 11.9 Å². The Bertz CT molecular complexity index is 345. The van der Waals surface area contributed by atoms with E-state index in [1.54, 1.807) is 6.08 Å². The number of alkyl halides is 3. The summed E-state index contributed by atoms with van der Waals surface area (Å²) in [6.07, 6.45) is 0.258. The van der Waals surface area contributed by atoms with E-state index in [0.717, 1.165) is 6.20 Å². The number of nitrogens with two attached hydrogens (primary N) is 1. The second kappa shape index (κ2) is 4.93. The Labute approximate surface area is 85.6 Å². The molecule has 0 aliphatic rings.